The fourth-order valence-corrected chi connectivity index (χ4v) is 1.78. The summed E-state index contributed by atoms with van der Waals surface area (Å²) >= 11 is 0. The molecule has 94 valence electrons. The van der Waals surface area contributed by atoms with Crippen molar-refractivity contribution in [1.82, 2.24) is 0 Å². The van der Waals surface area contributed by atoms with E-state index in [1.54, 1.807) is 13.0 Å². The van der Waals surface area contributed by atoms with E-state index in [4.69, 9.17) is 9.47 Å². The standard InChI is InChI=1S/C13H17FO3/c1-8(15)13(17-10-4-5-10)11-6-3-9(14)7-12(11)16-2/h3,6-8,10,13,15H,4-5H2,1-2H3/t8-,13+/m0/s1. The molecule has 0 bridgehead atoms. The van der Waals surface area contributed by atoms with E-state index in [9.17, 15) is 9.50 Å². The van der Waals surface area contributed by atoms with Gasteiger partial charge in [-0.3, -0.25) is 0 Å². The Kier molecular flexibility index (Phi) is 3.64. The third-order valence-corrected chi connectivity index (χ3v) is 2.80. The van der Waals surface area contributed by atoms with Crippen LogP contribution in [0.3, 0.4) is 0 Å². The van der Waals surface area contributed by atoms with Crippen molar-refractivity contribution in [2.45, 2.75) is 38.1 Å². The number of hydrogen-bond acceptors (Lipinski definition) is 3. The summed E-state index contributed by atoms with van der Waals surface area (Å²) in [4.78, 5) is 0. The molecule has 1 aromatic carbocycles. The molecule has 0 spiro atoms. The first-order valence-corrected chi connectivity index (χ1v) is 5.78. The number of ether oxygens (including phenoxy) is 2. The van der Waals surface area contributed by atoms with Gasteiger partial charge < -0.3 is 14.6 Å². The molecule has 0 aromatic heterocycles. The molecule has 1 fully saturated rings. The Morgan fingerprint density at radius 2 is 2.12 bits per heavy atom. The van der Waals surface area contributed by atoms with Gasteiger partial charge in [-0.15, -0.1) is 0 Å². The lowest BCUT2D eigenvalue weighted by atomic mass is 10.0. The Morgan fingerprint density at radius 3 is 2.65 bits per heavy atom. The highest BCUT2D eigenvalue weighted by Crippen LogP contribution is 2.36. The maximum atomic E-state index is 13.1. The van der Waals surface area contributed by atoms with E-state index in [1.165, 1.54) is 19.2 Å². The van der Waals surface area contributed by atoms with Gasteiger partial charge in [-0.2, -0.15) is 0 Å². The molecule has 0 heterocycles. The van der Waals surface area contributed by atoms with Crippen molar-refractivity contribution in [3.8, 4) is 5.75 Å². The van der Waals surface area contributed by atoms with E-state index in [2.05, 4.69) is 0 Å². The molecular formula is C13H17FO3. The fraction of sp³-hybridized carbons (Fsp3) is 0.538. The maximum absolute atomic E-state index is 13.1. The molecule has 0 aliphatic heterocycles. The summed E-state index contributed by atoms with van der Waals surface area (Å²) in [6.07, 6.45) is 1.14. The summed E-state index contributed by atoms with van der Waals surface area (Å²) in [6.45, 7) is 1.66. The summed E-state index contributed by atoms with van der Waals surface area (Å²) in [5, 5.41) is 9.76. The molecule has 17 heavy (non-hydrogen) atoms. The molecule has 0 unspecified atom stereocenters. The fourth-order valence-electron chi connectivity index (χ4n) is 1.78. The third kappa shape index (κ3) is 2.96. The van der Waals surface area contributed by atoms with Gasteiger partial charge in [-0.1, -0.05) is 0 Å². The van der Waals surface area contributed by atoms with Crippen LogP contribution >= 0.6 is 0 Å². The summed E-state index contributed by atoms with van der Waals surface area (Å²) in [6, 6.07) is 4.26. The Morgan fingerprint density at radius 1 is 1.41 bits per heavy atom. The van der Waals surface area contributed by atoms with E-state index >= 15 is 0 Å². The molecule has 2 rings (SSSR count). The second-order valence-electron chi connectivity index (χ2n) is 4.38. The number of methoxy groups -OCH3 is 1. The van der Waals surface area contributed by atoms with Gasteiger partial charge in [-0.05, 0) is 31.9 Å². The zero-order valence-electron chi connectivity index (χ0n) is 10.0. The molecule has 4 heteroatoms. The quantitative estimate of drug-likeness (QED) is 0.859. The molecule has 0 radical (unpaired) electrons. The average molecular weight is 240 g/mol. The summed E-state index contributed by atoms with van der Waals surface area (Å²) in [5.41, 5.74) is 0.691. The van der Waals surface area contributed by atoms with Gasteiger partial charge in [0.1, 0.15) is 17.7 Å². The SMILES string of the molecule is COc1cc(F)ccc1[C@H](OC1CC1)[C@H](C)O. The highest BCUT2D eigenvalue weighted by atomic mass is 19.1. The minimum Gasteiger partial charge on any atom is -0.496 e. The van der Waals surface area contributed by atoms with E-state index in [1.807, 2.05) is 0 Å². The van der Waals surface area contributed by atoms with Crippen LogP contribution in [0, 0.1) is 5.82 Å². The first-order chi connectivity index (χ1) is 8.11. The molecule has 2 atom stereocenters. The van der Waals surface area contributed by atoms with Crippen molar-refractivity contribution in [2.75, 3.05) is 7.11 Å². The zero-order chi connectivity index (χ0) is 12.4. The van der Waals surface area contributed by atoms with Gasteiger partial charge >= 0.3 is 0 Å². The smallest absolute Gasteiger partial charge is 0.127 e. The molecule has 1 N–H and O–H groups in total. The molecule has 1 saturated carbocycles. The van der Waals surface area contributed by atoms with Crippen molar-refractivity contribution in [2.24, 2.45) is 0 Å². The Labute approximate surface area is 100 Å². The third-order valence-electron chi connectivity index (χ3n) is 2.80. The zero-order valence-corrected chi connectivity index (χ0v) is 10.0. The lowest BCUT2D eigenvalue weighted by Gasteiger charge is -2.23. The molecule has 1 aromatic rings. The van der Waals surface area contributed by atoms with Crippen molar-refractivity contribution < 1.29 is 19.0 Å². The highest BCUT2D eigenvalue weighted by molar-refractivity contribution is 5.36. The van der Waals surface area contributed by atoms with Gasteiger partial charge in [0.15, 0.2) is 0 Å². The largest absolute Gasteiger partial charge is 0.496 e. The van der Waals surface area contributed by atoms with Crippen LogP contribution in [0.5, 0.6) is 5.75 Å². The Balaban J connectivity index is 2.26. The van der Waals surface area contributed by atoms with Gasteiger partial charge in [0.25, 0.3) is 0 Å². The van der Waals surface area contributed by atoms with Crippen molar-refractivity contribution in [3.63, 3.8) is 0 Å². The van der Waals surface area contributed by atoms with Crippen molar-refractivity contribution in [1.29, 1.82) is 0 Å². The first-order valence-electron chi connectivity index (χ1n) is 5.78. The molecule has 0 amide bonds. The molecular weight excluding hydrogens is 223 g/mol. The van der Waals surface area contributed by atoms with Crippen molar-refractivity contribution >= 4 is 0 Å². The second kappa shape index (κ2) is 5.02. The van der Waals surface area contributed by atoms with Crippen LogP contribution in [-0.4, -0.2) is 24.4 Å². The molecule has 3 nitrogen and oxygen atoms in total. The normalized spacial score (nSPS) is 18.8. The minimum atomic E-state index is -0.657. The van der Waals surface area contributed by atoms with Crippen LogP contribution in [0.4, 0.5) is 4.39 Å². The summed E-state index contributed by atoms with van der Waals surface area (Å²) in [7, 11) is 1.48. The van der Waals surface area contributed by atoms with E-state index in [0.29, 0.717) is 11.3 Å². The van der Waals surface area contributed by atoms with Crippen molar-refractivity contribution in [3.05, 3.63) is 29.6 Å². The van der Waals surface area contributed by atoms with E-state index < -0.39 is 12.2 Å². The molecule has 1 aliphatic rings. The Bertz CT molecular complexity index is 388. The van der Waals surface area contributed by atoms with Crippen LogP contribution in [-0.2, 0) is 4.74 Å². The number of rotatable bonds is 5. The van der Waals surface area contributed by atoms with Crippen LogP contribution < -0.4 is 4.74 Å². The second-order valence-corrected chi connectivity index (χ2v) is 4.38. The predicted octanol–water partition coefficient (Wildman–Crippen LogP) is 2.44. The maximum Gasteiger partial charge on any atom is 0.127 e. The number of benzene rings is 1. The lowest BCUT2D eigenvalue weighted by Crippen LogP contribution is -2.19. The van der Waals surface area contributed by atoms with Crippen LogP contribution in [0.1, 0.15) is 31.4 Å². The number of hydrogen-bond donors (Lipinski definition) is 1. The van der Waals surface area contributed by atoms with Crippen LogP contribution in [0.15, 0.2) is 18.2 Å². The average Bonchev–Trinajstić information content (AvgIpc) is 3.09. The highest BCUT2D eigenvalue weighted by Gasteiger charge is 2.31. The monoisotopic (exact) mass is 240 g/mol. The summed E-state index contributed by atoms with van der Waals surface area (Å²) < 4.78 is 24.0. The summed E-state index contributed by atoms with van der Waals surface area (Å²) in [5.74, 6) is 0.0536. The lowest BCUT2D eigenvalue weighted by molar-refractivity contribution is -0.0413. The van der Waals surface area contributed by atoms with E-state index in [0.717, 1.165) is 12.8 Å². The van der Waals surface area contributed by atoms with Crippen LogP contribution in [0.25, 0.3) is 0 Å². The van der Waals surface area contributed by atoms with Gasteiger partial charge in [0, 0.05) is 11.6 Å². The number of halogens is 1. The topological polar surface area (TPSA) is 38.7 Å². The number of aliphatic hydroxyl groups excluding tert-OH is 1. The number of aliphatic hydroxyl groups is 1. The van der Waals surface area contributed by atoms with Gasteiger partial charge in [0.2, 0.25) is 0 Å². The van der Waals surface area contributed by atoms with E-state index in [-0.39, 0.29) is 11.9 Å². The first kappa shape index (κ1) is 12.3. The molecule has 0 saturated heterocycles. The van der Waals surface area contributed by atoms with Crippen LogP contribution in [0.2, 0.25) is 0 Å². The minimum absolute atomic E-state index is 0.212. The van der Waals surface area contributed by atoms with Gasteiger partial charge in [0.05, 0.1) is 19.3 Å². The Hall–Kier alpha value is -1.13. The van der Waals surface area contributed by atoms with Gasteiger partial charge in [-0.25, -0.2) is 4.39 Å². The molecule has 1 aliphatic carbocycles. The predicted molar refractivity (Wildman–Crippen MR) is 61.5 cm³/mol.